The number of carbonyl (C=O) groups excluding carboxylic acids is 1. The molecule has 0 atom stereocenters. The van der Waals surface area contributed by atoms with Gasteiger partial charge < -0.3 is 10.1 Å². The van der Waals surface area contributed by atoms with Gasteiger partial charge in [0.05, 0.1) is 25.9 Å². The molecule has 2 aromatic heterocycles. The van der Waals surface area contributed by atoms with Crippen LogP contribution in [-0.2, 0) is 13.1 Å². The number of fused-ring (bicyclic) bond motifs is 1. The number of carbonyl (C=O) groups is 1. The first kappa shape index (κ1) is 21.3. The van der Waals surface area contributed by atoms with Crippen molar-refractivity contribution in [2.75, 3.05) is 13.2 Å². The number of aromatic nitrogens is 4. The van der Waals surface area contributed by atoms with Gasteiger partial charge in [-0.1, -0.05) is 24.3 Å². The number of nitrogens with zero attached hydrogens (tertiary/aromatic N) is 4. The first-order valence-electron chi connectivity index (χ1n) is 10.5. The van der Waals surface area contributed by atoms with Crippen LogP contribution >= 0.6 is 0 Å². The summed E-state index contributed by atoms with van der Waals surface area (Å²) in [4.78, 5) is 29.7. The highest BCUT2D eigenvalue weighted by molar-refractivity contribution is 5.94. The fourth-order valence-electron chi connectivity index (χ4n) is 3.49. The van der Waals surface area contributed by atoms with Crippen molar-refractivity contribution in [3.8, 4) is 5.75 Å². The SMILES string of the molecule is CCOc1ccc(C(=O)NCCn2ncc3c(=O)n(Cc4ccccc4C)cnc32)cc1. The molecule has 0 aliphatic heterocycles. The number of ether oxygens (including phenoxy) is 1. The largest absolute Gasteiger partial charge is 0.494 e. The second-order valence-electron chi connectivity index (χ2n) is 7.42. The molecule has 8 nitrogen and oxygen atoms in total. The zero-order valence-corrected chi connectivity index (χ0v) is 18.1. The van der Waals surface area contributed by atoms with Gasteiger partial charge >= 0.3 is 0 Å². The summed E-state index contributed by atoms with van der Waals surface area (Å²) in [6.07, 6.45) is 3.08. The predicted molar refractivity (Wildman–Crippen MR) is 122 cm³/mol. The van der Waals surface area contributed by atoms with Crippen LogP contribution < -0.4 is 15.6 Å². The van der Waals surface area contributed by atoms with Gasteiger partial charge in [0.15, 0.2) is 5.65 Å². The Kier molecular flexibility index (Phi) is 6.30. The molecule has 164 valence electrons. The van der Waals surface area contributed by atoms with Crippen LogP contribution in [0.3, 0.4) is 0 Å². The Morgan fingerprint density at radius 2 is 1.91 bits per heavy atom. The highest BCUT2D eigenvalue weighted by atomic mass is 16.5. The number of amides is 1. The quantitative estimate of drug-likeness (QED) is 0.463. The molecule has 0 saturated carbocycles. The third-order valence-corrected chi connectivity index (χ3v) is 5.26. The zero-order chi connectivity index (χ0) is 22.5. The average Bonchev–Trinajstić information content (AvgIpc) is 3.21. The van der Waals surface area contributed by atoms with E-state index in [2.05, 4.69) is 15.4 Å². The minimum Gasteiger partial charge on any atom is -0.494 e. The molecular weight excluding hydrogens is 406 g/mol. The van der Waals surface area contributed by atoms with Gasteiger partial charge in [0, 0.05) is 12.1 Å². The van der Waals surface area contributed by atoms with Crippen molar-refractivity contribution in [1.82, 2.24) is 24.6 Å². The highest BCUT2D eigenvalue weighted by Gasteiger charge is 2.12. The first-order valence-corrected chi connectivity index (χ1v) is 10.5. The van der Waals surface area contributed by atoms with Crippen molar-refractivity contribution in [2.24, 2.45) is 0 Å². The Bertz CT molecular complexity index is 1290. The van der Waals surface area contributed by atoms with Crippen molar-refractivity contribution in [1.29, 1.82) is 0 Å². The van der Waals surface area contributed by atoms with E-state index in [0.29, 0.717) is 42.8 Å². The van der Waals surface area contributed by atoms with Crippen molar-refractivity contribution in [3.63, 3.8) is 0 Å². The number of hydrogen-bond donors (Lipinski definition) is 1. The van der Waals surface area contributed by atoms with Gasteiger partial charge in [-0.25, -0.2) is 9.67 Å². The molecule has 4 aromatic rings. The third-order valence-electron chi connectivity index (χ3n) is 5.26. The number of nitrogens with one attached hydrogen (secondary N) is 1. The molecular formula is C24H25N5O3. The fraction of sp³-hybridized carbons (Fsp3) is 0.250. The van der Waals surface area contributed by atoms with Gasteiger partial charge in [0.2, 0.25) is 0 Å². The Balaban J connectivity index is 1.42. The first-order chi connectivity index (χ1) is 15.6. The molecule has 2 heterocycles. The monoisotopic (exact) mass is 431 g/mol. The molecule has 2 aromatic carbocycles. The van der Waals surface area contributed by atoms with Gasteiger partial charge in [-0.3, -0.25) is 14.2 Å². The van der Waals surface area contributed by atoms with E-state index < -0.39 is 0 Å². The van der Waals surface area contributed by atoms with Crippen LogP contribution in [0, 0.1) is 6.92 Å². The van der Waals surface area contributed by atoms with Crippen LogP contribution in [0.15, 0.2) is 65.8 Å². The summed E-state index contributed by atoms with van der Waals surface area (Å²) in [6.45, 7) is 5.73. The zero-order valence-electron chi connectivity index (χ0n) is 18.1. The van der Waals surface area contributed by atoms with Gasteiger partial charge in [-0.2, -0.15) is 5.10 Å². The smallest absolute Gasteiger partial charge is 0.264 e. The summed E-state index contributed by atoms with van der Waals surface area (Å²) in [6, 6.07) is 14.9. The Labute approximate surface area is 185 Å². The van der Waals surface area contributed by atoms with Crippen LogP contribution in [0.4, 0.5) is 0 Å². The van der Waals surface area contributed by atoms with Crippen LogP contribution in [0.25, 0.3) is 11.0 Å². The summed E-state index contributed by atoms with van der Waals surface area (Å²) >= 11 is 0. The number of rotatable bonds is 8. The van der Waals surface area contributed by atoms with E-state index in [1.165, 1.54) is 6.20 Å². The third kappa shape index (κ3) is 4.54. The van der Waals surface area contributed by atoms with Gasteiger partial charge in [0.25, 0.3) is 11.5 Å². The van der Waals surface area contributed by atoms with Gasteiger partial charge in [-0.05, 0) is 49.2 Å². The van der Waals surface area contributed by atoms with E-state index in [9.17, 15) is 9.59 Å². The minimum absolute atomic E-state index is 0.136. The van der Waals surface area contributed by atoms with E-state index in [-0.39, 0.29) is 11.5 Å². The summed E-state index contributed by atoms with van der Waals surface area (Å²) in [5, 5.41) is 7.62. The molecule has 8 heteroatoms. The van der Waals surface area contributed by atoms with Crippen LogP contribution in [-0.4, -0.2) is 38.4 Å². The second-order valence-corrected chi connectivity index (χ2v) is 7.42. The van der Waals surface area contributed by atoms with E-state index in [1.54, 1.807) is 39.8 Å². The Hall–Kier alpha value is -3.94. The molecule has 0 aliphatic carbocycles. The lowest BCUT2D eigenvalue weighted by molar-refractivity contribution is 0.0952. The van der Waals surface area contributed by atoms with Crippen molar-refractivity contribution in [2.45, 2.75) is 26.9 Å². The lowest BCUT2D eigenvalue weighted by atomic mass is 10.1. The summed E-state index contributed by atoms with van der Waals surface area (Å²) in [5.74, 6) is 0.546. The van der Waals surface area contributed by atoms with Crippen molar-refractivity contribution < 1.29 is 9.53 Å². The molecule has 0 spiro atoms. The Morgan fingerprint density at radius 3 is 2.66 bits per heavy atom. The van der Waals surface area contributed by atoms with Gasteiger partial charge in [0.1, 0.15) is 17.5 Å². The molecule has 1 N–H and O–H groups in total. The van der Waals surface area contributed by atoms with E-state index in [0.717, 1.165) is 16.9 Å². The maximum atomic E-state index is 12.9. The van der Waals surface area contributed by atoms with E-state index >= 15 is 0 Å². The molecule has 0 aliphatic rings. The maximum absolute atomic E-state index is 12.9. The molecule has 0 bridgehead atoms. The average molecular weight is 431 g/mol. The van der Waals surface area contributed by atoms with Crippen LogP contribution in [0.5, 0.6) is 5.75 Å². The summed E-state index contributed by atoms with van der Waals surface area (Å²) < 4.78 is 8.61. The van der Waals surface area contributed by atoms with E-state index in [4.69, 9.17) is 4.74 Å². The normalized spacial score (nSPS) is 10.9. The second kappa shape index (κ2) is 9.47. The minimum atomic E-state index is -0.182. The molecule has 0 saturated heterocycles. The summed E-state index contributed by atoms with van der Waals surface area (Å²) in [5.41, 5.74) is 3.11. The van der Waals surface area contributed by atoms with E-state index in [1.807, 2.05) is 38.1 Å². The predicted octanol–water partition coefficient (Wildman–Crippen LogP) is 2.78. The number of hydrogen-bond acceptors (Lipinski definition) is 5. The maximum Gasteiger partial charge on any atom is 0.264 e. The molecule has 4 rings (SSSR count). The molecule has 32 heavy (non-hydrogen) atoms. The molecule has 0 fully saturated rings. The lowest BCUT2D eigenvalue weighted by Gasteiger charge is -2.09. The molecule has 1 amide bonds. The standard InChI is InChI=1S/C24H25N5O3/c1-3-32-20-10-8-18(9-11-20)23(30)25-12-13-29-22-21(14-27-29)24(31)28(16-26-22)15-19-7-5-4-6-17(19)2/h4-11,14,16H,3,12-13,15H2,1-2H3,(H,25,30). The van der Waals surface area contributed by atoms with Crippen LogP contribution in [0.2, 0.25) is 0 Å². The topological polar surface area (TPSA) is 91.0 Å². The number of aryl methyl sites for hydroxylation is 1. The van der Waals surface area contributed by atoms with Crippen LogP contribution in [0.1, 0.15) is 28.4 Å². The number of benzene rings is 2. The highest BCUT2D eigenvalue weighted by Crippen LogP contribution is 2.12. The molecule has 0 unspecified atom stereocenters. The summed E-state index contributed by atoms with van der Waals surface area (Å²) in [7, 11) is 0. The lowest BCUT2D eigenvalue weighted by Crippen LogP contribution is -2.27. The van der Waals surface area contributed by atoms with Crippen molar-refractivity contribution in [3.05, 3.63) is 88.1 Å². The molecule has 0 radical (unpaired) electrons. The fourth-order valence-corrected chi connectivity index (χ4v) is 3.49. The van der Waals surface area contributed by atoms with Gasteiger partial charge in [-0.15, -0.1) is 0 Å². The van der Waals surface area contributed by atoms with Crippen molar-refractivity contribution >= 4 is 16.9 Å². The Morgan fingerprint density at radius 1 is 1.12 bits per heavy atom.